The van der Waals surface area contributed by atoms with Gasteiger partial charge in [-0.15, -0.1) is 0 Å². The summed E-state index contributed by atoms with van der Waals surface area (Å²) in [6.45, 7) is 0. The molecule has 168 valence electrons. The molecule has 4 aromatic rings. The van der Waals surface area contributed by atoms with Crippen LogP contribution in [0.5, 0.6) is 23.0 Å². The van der Waals surface area contributed by atoms with Gasteiger partial charge in [-0.1, -0.05) is 36.4 Å². The number of hydrogen-bond donors (Lipinski definition) is 2. The Labute approximate surface area is 198 Å². The maximum Gasteiger partial charge on any atom is 0.406 e. The number of ether oxygens (including phenoxy) is 2. The predicted molar refractivity (Wildman–Crippen MR) is 128 cm³/mol. The van der Waals surface area contributed by atoms with Gasteiger partial charge in [-0.05, 0) is 53.6 Å². The van der Waals surface area contributed by atoms with Crippen LogP contribution in [-0.4, -0.2) is 24.4 Å². The molecular weight excluding hydrogens is 440 g/mol. The minimum Gasteiger partial charge on any atom is -1.00 e. The lowest BCUT2D eigenvalue weighted by Gasteiger charge is -2.01. The van der Waals surface area contributed by atoms with Crippen molar-refractivity contribution in [2.75, 3.05) is 14.2 Å². The molecule has 0 saturated carbocycles. The molecule has 0 unspecified atom stereocenters. The molecule has 1 aromatic heterocycles. The van der Waals surface area contributed by atoms with Gasteiger partial charge in [0.25, 0.3) is 5.75 Å². The maximum atomic E-state index is 10.4. The Morgan fingerprint density at radius 2 is 1.24 bits per heavy atom. The zero-order valence-electron chi connectivity index (χ0n) is 18.2. The summed E-state index contributed by atoms with van der Waals surface area (Å²) in [6, 6.07) is 20.4. The van der Waals surface area contributed by atoms with Gasteiger partial charge in [0, 0.05) is 11.6 Å². The zero-order valence-corrected chi connectivity index (χ0v) is 18.9. The van der Waals surface area contributed by atoms with Gasteiger partial charge in [0.15, 0.2) is 5.75 Å². The van der Waals surface area contributed by atoms with E-state index >= 15 is 0 Å². The van der Waals surface area contributed by atoms with Crippen molar-refractivity contribution in [1.29, 1.82) is 0 Å². The lowest BCUT2D eigenvalue weighted by Crippen LogP contribution is -3.00. The molecule has 2 N–H and O–H groups in total. The lowest BCUT2D eigenvalue weighted by molar-refractivity contribution is -0.00000894. The molecule has 5 nitrogen and oxygen atoms in total. The molecule has 0 fully saturated rings. The fourth-order valence-electron chi connectivity index (χ4n) is 3.28. The molecule has 0 amide bonds. The number of methoxy groups -OCH3 is 2. The highest BCUT2D eigenvalue weighted by molar-refractivity contribution is 5.94. The summed E-state index contributed by atoms with van der Waals surface area (Å²) < 4.78 is 16.3. The molecule has 0 bridgehead atoms. The standard InChI is InChI=1S/C27H22O5.ClH/c1-30-21-10-4-18(5-11-21)3-9-20-17-23(14-8-19-6-12-22(31-2)13-7-19)32-27-24(20)15-16-25(28)26(27)29;/h3-17H,1-2H3,(H-,28,29);1H. The molecule has 0 aliphatic carbocycles. The molecule has 0 aliphatic rings. The largest absolute Gasteiger partial charge is 1.00 e. The number of benzene rings is 3. The van der Waals surface area contributed by atoms with E-state index in [9.17, 15) is 10.2 Å². The normalized spacial score (nSPS) is 11.1. The van der Waals surface area contributed by atoms with Crippen molar-refractivity contribution >= 4 is 35.3 Å². The summed E-state index contributed by atoms with van der Waals surface area (Å²) in [7, 11) is 3.26. The van der Waals surface area contributed by atoms with Crippen LogP contribution < -0.4 is 21.9 Å². The van der Waals surface area contributed by atoms with Crippen LogP contribution in [0.2, 0.25) is 0 Å². The van der Waals surface area contributed by atoms with Crippen molar-refractivity contribution in [2.45, 2.75) is 0 Å². The first-order valence-electron chi connectivity index (χ1n) is 10.0. The summed E-state index contributed by atoms with van der Waals surface area (Å²) in [5, 5.41) is 21.0. The number of phenolic OH excluding ortho intramolecular Hbond substituents is 2. The third kappa shape index (κ3) is 5.45. The Hall–Kier alpha value is -3.96. The molecular formula is C27H23ClO5. The van der Waals surface area contributed by atoms with Crippen molar-refractivity contribution in [3.05, 3.63) is 89.2 Å². The number of phenols is 2. The first kappa shape index (κ1) is 23.7. The van der Waals surface area contributed by atoms with Crippen molar-refractivity contribution < 1.29 is 36.5 Å². The molecule has 0 radical (unpaired) electrons. The highest BCUT2D eigenvalue weighted by Gasteiger charge is 2.21. The minimum absolute atomic E-state index is 0. The van der Waals surface area contributed by atoms with Gasteiger partial charge in [-0.2, -0.15) is 0 Å². The van der Waals surface area contributed by atoms with Crippen LogP contribution in [0.25, 0.3) is 35.3 Å². The fourth-order valence-corrected chi connectivity index (χ4v) is 3.28. The Morgan fingerprint density at radius 3 is 1.79 bits per heavy atom. The van der Waals surface area contributed by atoms with Gasteiger partial charge < -0.3 is 32.1 Å². The van der Waals surface area contributed by atoms with Crippen LogP contribution in [0, 0.1) is 0 Å². The molecule has 0 atom stereocenters. The van der Waals surface area contributed by atoms with Crippen LogP contribution >= 0.6 is 0 Å². The van der Waals surface area contributed by atoms with E-state index in [4.69, 9.17) is 13.9 Å². The Kier molecular flexibility index (Phi) is 7.59. The SMILES string of the molecule is COc1ccc(C=Cc2cc(C=Cc3ccc(OC)cc3)c3ccc(O)c(O)c3[o+]2)cc1.[Cl-]. The summed E-state index contributed by atoms with van der Waals surface area (Å²) >= 11 is 0. The van der Waals surface area contributed by atoms with Crippen molar-refractivity contribution in [2.24, 2.45) is 0 Å². The molecule has 3 aromatic carbocycles. The second-order valence-electron chi connectivity index (χ2n) is 7.13. The van der Waals surface area contributed by atoms with Gasteiger partial charge in [0.1, 0.15) is 11.5 Å². The molecule has 0 saturated heterocycles. The first-order chi connectivity index (χ1) is 15.6. The van der Waals surface area contributed by atoms with Gasteiger partial charge in [0.05, 0.1) is 25.7 Å². The average Bonchev–Trinajstić information content (AvgIpc) is 2.84. The summed E-state index contributed by atoms with van der Waals surface area (Å²) in [4.78, 5) is 0. The lowest BCUT2D eigenvalue weighted by atomic mass is 10.1. The van der Waals surface area contributed by atoms with Gasteiger partial charge in [-0.25, -0.2) is 4.42 Å². The summed E-state index contributed by atoms with van der Waals surface area (Å²) in [6.07, 6.45) is 7.63. The smallest absolute Gasteiger partial charge is 0.406 e. The minimum atomic E-state index is -0.290. The Balaban J connectivity index is 0.00000306. The number of rotatable bonds is 6. The van der Waals surface area contributed by atoms with E-state index in [1.165, 1.54) is 6.07 Å². The topological polar surface area (TPSA) is 70.2 Å². The highest BCUT2D eigenvalue weighted by Crippen LogP contribution is 2.36. The van der Waals surface area contributed by atoms with E-state index in [1.807, 2.05) is 78.9 Å². The third-order valence-corrected chi connectivity index (χ3v) is 5.07. The number of hydrogen-bond acceptors (Lipinski definition) is 4. The number of aromatic hydroxyl groups is 2. The Morgan fingerprint density at radius 1 is 0.697 bits per heavy atom. The quantitative estimate of drug-likeness (QED) is 0.339. The Bertz CT molecular complexity index is 1290. The van der Waals surface area contributed by atoms with Crippen LogP contribution in [0.1, 0.15) is 22.5 Å². The van der Waals surface area contributed by atoms with Crippen LogP contribution in [-0.2, 0) is 0 Å². The van der Waals surface area contributed by atoms with Crippen LogP contribution in [0.15, 0.2) is 71.1 Å². The molecule has 0 aliphatic heterocycles. The van der Waals surface area contributed by atoms with E-state index in [0.717, 1.165) is 28.2 Å². The van der Waals surface area contributed by atoms with Gasteiger partial charge in [0.2, 0.25) is 0 Å². The molecule has 4 rings (SSSR count). The van der Waals surface area contributed by atoms with E-state index in [1.54, 1.807) is 20.3 Å². The second-order valence-corrected chi connectivity index (χ2v) is 7.13. The van der Waals surface area contributed by atoms with E-state index < -0.39 is 0 Å². The van der Waals surface area contributed by atoms with Crippen molar-refractivity contribution in [3.63, 3.8) is 0 Å². The van der Waals surface area contributed by atoms with Crippen LogP contribution in [0.3, 0.4) is 0 Å². The molecule has 6 heteroatoms. The molecule has 33 heavy (non-hydrogen) atoms. The average molecular weight is 463 g/mol. The maximum absolute atomic E-state index is 10.4. The highest BCUT2D eigenvalue weighted by atomic mass is 35.5. The first-order valence-corrected chi connectivity index (χ1v) is 10.0. The van der Waals surface area contributed by atoms with E-state index in [2.05, 4.69) is 0 Å². The van der Waals surface area contributed by atoms with Crippen molar-refractivity contribution in [1.82, 2.24) is 0 Å². The predicted octanol–water partition coefficient (Wildman–Crippen LogP) is 3.49. The van der Waals surface area contributed by atoms with E-state index in [0.29, 0.717) is 11.1 Å². The van der Waals surface area contributed by atoms with Crippen molar-refractivity contribution in [3.8, 4) is 23.0 Å². The monoisotopic (exact) mass is 462 g/mol. The molecule has 0 spiro atoms. The third-order valence-electron chi connectivity index (χ3n) is 5.07. The molecule has 1 heterocycles. The fraction of sp³-hybridized carbons (Fsp3) is 0.0741. The van der Waals surface area contributed by atoms with Gasteiger partial charge >= 0.3 is 11.3 Å². The van der Waals surface area contributed by atoms with Crippen LogP contribution in [0.4, 0.5) is 0 Å². The van der Waals surface area contributed by atoms with E-state index in [-0.39, 0.29) is 29.5 Å². The summed E-state index contributed by atoms with van der Waals surface area (Å²) in [5.74, 6) is 1.58. The zero-order chi connectivity index (χ0) is 22.5. The number of halogens is 1. The van der Waals surface area contributed by atoms with Gasteiger partial charge in [-0.3, -0.25) is 0 Å². The second kappa shape index (κ2) is 10.6. The summed E-state index contributed by atoms with van der Waals surface area (Å²) in [5.41, 5.74) is 3.03. The number of fused-ring (bicyclic) bond motifs is 1.